The van der Waals surface area contributed by atoms with Gasteiger partial charge < -0.3 is 20.5 Å². The number of hydrogen-bond donors (Lipinski definition) is 2. The second-order valence-electron chi connectivity index (χ2n) is 6.93. The molecule has 0 radical (unpaired) electrons. The lowest BCUT2D eigenvalue weighted by atomic mass is 9.78. The van der Waals surface area contributed by atoms with Gasteiger partial charge in [0, 0.05) is 23.5 Å². The number of rotatable bonds is 5. The van der Waals surface area contributed by atoms with Gasteiger partial charge in [-0.05, 0) is 43.2 Å². The van der Waals surface area contributed by atoms with Crippen molar-refractivity contribution in [3.63, 3.8) is 0 Å². The van der Waals surface area contributed by atoms with Crippen molar-refractivity contribution >= 4 is 52.4 Å². The summed E-state index contributed by atoms with van der Waals surface area (Å²) in [6.07, 6.45) is 2.42. The molecular formula is C21H19Cl2N2O4-. The monoisotopic (exact) mass is 433 g/mol. The maximum absolute atomic E-state index is 12.7. The van der Waals surface area contributed by atoms with Crippen LogP contribution in [0.4, 0.5) is 11.4 Å². The number of anilines is 2. The largest absolute Gasteiger partial charge is 0.550 e. The molecule has 0 heterocycles. The van der Waals surface area contributed by atoms with Crippen molar-refractivity contribution in [3.05, 3.63) is 58.1 Å². The second-order valence-corrected chi connectivity index (χ2v) is 7.75. The maximum atomic E-state index is 12.7. The van der Waals surface area contributed by atoms with E-state index in [1.165, 1.54) is 6.07 Å². The van der Waals surface area contributed by atoms with Crippen LogP contribution < -0.4 is 15.7 Å². The van der Waals surface area contributed by atoms with E-state index in [1.807, 2.05) is 0 Å². The molecule has 0 saturated heterocycles. The number of carbonyl (C=O) groups excluding carboxylic acids is 3. The Labute approximate surface area is 178 Å². The molecule has 2 amide bonds. The van der Waals surface area contributed by atoms with Gasteiger partial charge in [0.15, 0.2) is 0 Å². The van der Waals surface area contributed by atoms with Gasteiger partial charge >= 0.3 is 0 Å². The number of carboxylic acids is 1. The number of benzene rings is 2. The average molecular weight is 434 g/mol. The molecule has 2 atom stereocenters. The lowest BCUT2D eigenvalue weighted by Gasteiger charge is -2.31. The molecule has 3 rings (SSSR count). The van der Waals surface area contributed by atoms with Crippen molar-refractivity contribution in [1.29, 1.82) is 0 Å². The Morgan fingerprint density at radius 3 is 2.28 bits per heavy atom. The number of hydrogen-bond acceptors (Lipinski definition) is 4. The third kappa shape index (κ3) is 5.08. The van der Waals surface area contributed by atoms with Crippen LogP contribution in [0.5, 0.6) is 0 Å². The average Bonchev–Trinajstić information content (AvgIpc) is 2.71. The van der Waals surface area contributed by atoms with Crippen LogP contribution in [0.3, 0.4) is 0 Å². The first-order valence-corrected chi connectivity index (χ1v) is 9.99. The fraction of sp³-hybridized carbons (Fsp3) is 0.286. The topological polar surface area (TPSA) is 98.3 Å². The predicted octanol–water partition coefficient (Wildman–Crippen LogP) is 3.74. The number of carboxylic acid groups (broad SMARTS) is 1. The molecule has 0 spiro atoms. The Morgan fingerprint density at radius 1 is 0.897 bits per heavy atom. The molecule has 2 N–H and O–H groups in total. The third-order valence-electron chi connectivity index (χ3n) is 5.01. The van der Waals surface area contributed by atoms with Crippen LogP contribution in [0.2, 0.25) is 10.0 Å². The van der Waals surface area contributed by atoms with E-state index in [4.69, 9.17) is 23.2 Å². The Morgan fingerprint density at radius 2 is 1.59 bits per heavy atom. The molecule has 0 aliphatic heterocycles. The minimum absolute atomic E-state index is 0.243. The number of nitrogens with one attached hydrogen (secondary N) is 2. The number of halogens is 2. The van der Waals surface area contributed by atoms with Gasteiger partial charge in [0.25, 0.3) is 5.91 Å². The number of carbonyl (C=O) groups is 3. The normalized spacial score (nSPS) is 18.7. The smallest absolute Gasteiger partial charge is 0.257 e. The molecule has 2 aromatic rings. The summed E-state index contributed by atoms with van der Waals surface area (Å²) in [5.74, 6) is -3.58. The van der Waals surface area contributed by atoms with E-state index in [-0.39, 0.29) is 5.56 Å². The predicted molar refractivity (Wildman–Crippen MR) is 110 cm³/mol. The summed E-state index contributed by atoms with van der Waals surface area (Å²) < 4.78 is 0. The van der Waals surface area contributed by atoms with E-state index in [0.29, 0.717) is 34.3 Å². The van der Waals surface area contributed by atoms with Crippen molar-refractivity contribution in [2.24, 2.45) is 11.8 Å². The van der Waals surface area contributed by atoms with Gasteiger partial charge in [-0.15, -0.1) is 0 Å². The Bertz CT molecular complexity index is 948. The molecule has 1 aliphatic rings. The highest BCUT2D eigenvalue weighted by atomic mass is 35.5. The highest BCUT2D eigenvalue weighted by molar-refractivity contribution is 6.42. The minimum atomic E-state index is -1.21. The van der Waals surface area contributed by atoms with Crippen molar-refractivity contribution in [3.8, 4) is 0 Å². The molecule has 0 bridgehead atoms. The summed E-state index contributed by atoms with van der Waals surface area (Å²) in [6, 6.07) is 11.2. The Balaban J connectivity index is 1.77. The standard InChI is InChI=1S/C21H20Cl2N2O4/c22-16-10-9-12(11-17(16)23)24-20(27)15-7-3-4-8-18(15)25-19(26)13-5-1-2-6-14(13)21(28)29/h3-4,7-11,13-14H,1-2,5-6H2,(H,24,27)(H,25,26)(H,28,29)/p-1. The number of aliphatic carboxylic acids is 1. The molecule has 0 aromatic heterocycles. The van der Waals surface area contributed by atoms with E-state index in [2.05, 4.69) is 10.6 Å². The van der Waals surface area contributed by atoms with Crippen molar-refractivity contribution in [2.75, 3.05) is 10.6 Å². The maximum Gasteiger partial charge on any atom is 0.257 e. The highest BCUT2D eigenvalue weighted by Crippen LogP contribution is 2.31. The molecule has 1 aliphatic carbocycles. The summed E-state index contributed by atoms with van der Waals surface area (Å²) in [6.45, 7) is 0. The fourth-order valence-corrected chi connectivity index (χ4v) is 3.81. The van der Waals surface area contributed by atoms with E-state index in [9.17, 15) is 19.5 Å². The van der Waals surface area contributed by atoms with Gasteiger partial charge in [0.2, 0.25) is 5.91 Å². The second kappa shape index (κ2) is 9.29. The van der Waals surface area contributed by atoms with E-state index >= 15 is 0 Å². The van der Waals surface area contributed by atoms with Crippen LogP contribution in [0.1, 0.15) is 36.0 Å². The van der Waals surface area contributed by atoms with Crippen LogP contribution in [0.15, 0.2) is 42.5 Å². The molecule has 6 nitrogen and oxygen atoms in total. The van der Waals surface area contributed by atoms with Gasteiger partial charge in [0.1, 0.15) is 0 Å². The molecule has 1 saturated carbocycles. The molecule has 29 heavy (non-hydrogen) atoms. The molecule has 2 unspecified atom stereocenters. The Hall–Kier alpha value is -2.57. The minimum Gasteiger partial charge on any atom is -0.550 e. The first-order chi connectivity index (χ1) is 13.9. The summed E-state index contributed by atoms with van der Waals surface area (Å²) in [7, 11) is 0. The van der Waals surface area contributed by atoms with Crippen LogP contribution in [0, 0.1) is 11.8 Å². The van der Waals surface area contributed by atoms with Gasteiger partial charge in [-0.25, -0.2) is 0 Å². The van der Waals surface area contributed by atoms with E-state index in [1.54, 1.807) is 36.4 Å². The van der Waals surface area contributed by atoms with Crippen LogP contribution in [-0.4, -0.2) is 17.8 Å². The van der Waals surface area contributed by atoms with Gasteiger partial charge in [0.05, 0.1) is 21.3 Å². The quantitative estimate of drug-likeness (QED) is 0.749. The zero-order valence-electron chi connectivity index (χ0n) is 15.4. The van der Waals surface area contributed by atoms with Crippen LogP contribution in [-0.2, 0) is 9.59 Å². The van der Waals surface area contributed by atoms with Gasteiger partial charge in [-0.2, -0.15) is 0 Å². The zero-order chi connectivity index (χ0) is 21.0. The van der Waals surface area contributed by atoms with Crippen molar-refractivity contribution < 1.29 is 19.5 Å². The first kappa shape index (κ1) is 21.1. The Kier molecular flexibility index (Phi) is 6.77. The molecule has 8 heteroatoms. The number of para-hydroxylation sites is 1. The van der Waals surface area contributed by atoms with Crippen molar-refractivity contribution in [1.82, 2.24) is 0 Å². The van der Waals surface area contributed by atoms with Crippen molar-refractivity contribution in [2.45, 2.75) is 25.7 Å². The van der Waals surface area contributed by atoms with E-state index in [0.717, 1.165) is 12.8 Å². The van der Waals surface area contributed by atoms with E-state index < -0.39 is 29.6 Å². The van der Waals surface area contributed by atoms with Gasteiger partial charge in [-0.3, -0.25) is 9.59 Å². The molecule has 2 aromatic carbocycles. The summed E-state index contributed by atoms with van der Waals surface area (Å²) in [4.78, 5) is 36.8. The lowest BCUT2D eigenvalue weighted by molar-refractivity contribution is -0.313. The van der Waals surface area contributed by atoms with Crippen LogP contribution in [0.25, 0.3) is 0 Å². The SMILES string of the molecule is O=C(Nc1ccc(Cl)c(Cl)c1)c1ccccc1NC(=O)C1CCCCC1C(=O)[O-]. The van der Waals surface area contributed by atoms with Crippen LogP contribution >= 0.6 is 23.2 Å². The molecule has 152 valence electrons. The highest BCUT2D eigenvalue weighted by Gasteiger charge is 2.32. The third-order valence-corrected chi connectivity index (χ3v) is 5.75. The summed E-state index contributed by atoms with van der Waals surface area (Å²) in [5.41, 5.74) is 1.00. The number of amides is 2. The lowest BCUT2D eigenvalue weighted by Crippen LogP contribution is -2.42. The van der Waals surface area contributed by atoms with Gasteiger partial charge in [-0.1, -0.05) is 48.2 Å². The molecule has 1 fully saturated rings. The first-order valence-electron chi connectivity index (χ1n) is 9.24. The molecular weight excluding hydrogens is 415 g/mol. The fourth-order valence-electron chi connectivity index (χ4n) is 3.51. The zero-order valence-corrected chi connectivity index (χ0v) is 16.9. The summed E-state index contributed by atoms with van der Waals surface area (Å²) in [5, 5.41) is 17.5. The summed E-state index contributed by atoms with van der Waals surface area (Å²) >= 11 is 11.9.